The number of carbonyl (C=O) groups excluding carboxylic acids is 1. The Morgan fingerprint density at radius 1 is 1.29 bits per heavy atom. The van der Waals surface area contributed by atoms with Crippen molar-refractivity contribution in [3.63, 3.8) is 0 Å². The first-order valence-corrected chi connectivity index (χ1v) is 8.45. The highest BCUT2D eigenvalue weighted by Gasteiger charge is 2.61. The van der Waals surface area contributed by atoms with Crippen LogP contribution in [-0.2, 0) is 4.79 Å². The summed E-state index contributed by atoms with van der Waals surface area (Å²) in [6.07, 6.45) is 5.70. The summed E-state index contributed by atoms with van der Waals surface area (Å²) in [7, 11) is 0. The Morgan fingerprint density at radius 3 is 2.57 bits per heavy atom. The molecule has 4 atom stereocenters. The van der Waals surface area contributed by atoms with Crippen molar-refractivity contribution >= 4 is 28.2 Å². The Morgan fingerprint density at radius 2 is 1.95 bits per heavy atom. The molecule has 3 unspecified atom stereocenters. The minimum absolute atomic E-state index is 0.0709. The molecule has 1 aromatic rings. The molecular formula is C16H19NO3S. The van der Waals surface area contributed by atoms with Gasteiger partial charge in [-0.15, -0.1) is 11.3 Å². The summed E-state index contributed by atoms with van der Waals surface area (Å²) < 4.78 is 0. The summed E-state index contributed by atoms with van der Waals surface area (Å²) in [6.45, 7) is 1.87. The maximum Gasteiger partial charge on any atom is 0.338 e. The second-order valence-electron chi connectivity index (χ2n) is 7.06. The van der Waals surface area contributed by atoms with Crippen molar-refractivity contribution in [3.05, 3.63) is 16.5 Å². The maximum atomic E-state index is 12.9. The first kappa shape index (κ1) is 13.3. The molecule has 0 saturated heterocycles. The summed E-state index contributed by atoms with van der Waals surface area (Å²) >= 11 is 1.36. The van der Waals surface area contributed by atoms with Crippen molar-refractivity contribution < 1.29 is 14.7 Å². The van der Waals surface area contributed by atoms with Crippen LogP contribution in [-0.4, -0.2) is 17.0 Å². The van der Waals surface area contributed by atoms with Crippen molar-refractivity contribution in [2.75, 3.05) is 5.32 Å². The van der Waals surface area contributed by atoms with E-state index in [9.17, 15) is 14.7 Å². The number of aromatic carboxylic acids is 1. The molecule has 4 bridgehead atoms. The summed E-state index contributed by atoms with van der Waals surface area (Å²) in [5, 5.41) is 12.7. The van der Waals surface area contributed by atoms with Crippen LogP contribution >= 0.6 is 11.3 Å². The topological polar surface area (TPSA) is 66.4 Å². The predicted octanol–water partition coefficient (Wildman–Crippen LogP) is 3.52. The summed E-state index contributed by atoms with van der Waals surface area (Å²) in [5.41, 5.74) is 0.0151. The van der Waals surface area contributed by atoms with Crippen LogP contribution in [0.3, 0.4) is 0 Å². The number of amides is 1. The van der Waals surface area contributed by atoms with Gasteiger partial charge in [-0.3, -0.25) is 4.79 Å². The van der Waals surface area contributed by atoms with Crippen LogP contribution in [0.2, 0.25) is 0 Å². The van der Waals surface area contributed by atoms with Gasteiger partial charge in [0.15, 0.2) is 0 Å². The summed E-state index contributed by atoms with van der Waals surface area (Å²) in [5.74, 6) is 1.07. The van der Waals surface area contributed by atoms with Crippen LogP contribution in [0, 0.1) is 30.1 Å². The minimum Gasteiger partial charge on any atom is -0.478 e. The van der Waals surface area contributed by atoms with Crippen molar-refractivity contribution in [2.24, 2.45) is 23.2 Å². The van der Waals surface area contributed by atoms with E-state index < -0.39 is 5.97 Å². The molecule has 0 radical (unpaired) electrons. The van der Waals surface area contributed by atoms with Crippen LogP contribution in [0.25, 0.3) is 0 Å². The van der Waals surface area contributed by atoms with E-state index >= 15 is 0 Å². The van der Waals surface area contributed by atoms with E-state index in [0.717, 1.165) is 29.6 Å². The van der Waals surface area contributed by atoms with Gasteiger partial charge in [0.1, 0.15) is 5.00 Å². The lowest BCUT2D eigenvalue weighted by Crippen LogP contribution is -2.37. The molecule has 21 heavy (non-hydrogen) atoms. The van der Waals surface area contributed by atoms with E-state index in [1.54, 1.807) is 6.07 Å². The molecule has 4 nitrogen and oxygen atoms in total. The van der Waals surface area contributed by atoms with Crippen molar-refractivity contribution in [1.82, 2.24) is 0 Å². The zero-order chi connectivity index (χ0) is 14.8. The number of carboxylic acid groups (broad SMARTS) is 1. The highest BCUT2D eigenvalue weighted by Crippen LogP contribution is 2.65. The highest BCUT2D eigenvalue weighted by atomic mass is 32.1. The standard InChI is InChI=1S/C16H19NO3S/c1-8-2-12(14(18)19)13(21-8)17-15(20)16-6-9-3-10(7-16)5-11(16)4-9/h2,9-11H,3-7H2,1H3,(H,17,20)(H,18,19)/t9-,10?,11?,16?/m1/s1. The molecule has 0 spiro atoms. The SMILES string of the molecule is Cc1cc(C(=O)O)c(NC(=O)C23CC4CC2C[C@@H](C4)C3)s1. The third-order valence-corrected chi connectivity index (χ3v) is 6.72. The van der Waals surface area contributed by atoms with Crippen LogP contribution in [0.15, 0.2) is 6.07 Å². The predicted molar refractivity (Wildman–Crippen MR) is 80.6 cm³/mol. The Balaban J connectivity index is 1.61. The van der Waals surface area contributed by atoms with Crippen LogP contribution < -0.4 is 5.32 Å². The molecule has 0 aromatic carbocycles. The first-order valence-electron chi connectivity index (χ1n) is 7.63. The molecule has 0 aliphatic heterocycles. The zero-order valence-electron chi connectivity index (χ0n) is 12.0. The molecule has 4 fully saturated rings. The van der Waals surface area contributed by atoms with Gasteiger partial charge in [-0.2, -0.15) is 0 Å². The monoisotopic (exact) mass is 305 g/mol. The van der Waals surface area contributed by atoms with Gasteiger partial charge in [0.25, 0.3) is 0 Å². The molecule has 1 heterocycles. The summed E-state index contributed by atoms with van der Waals surface area (Å²) in [4.78, 5) is 25.1. The number of hydrogen-bond donors (Lipinski definition) is 2. The lowest BCUT2D eigenvalue weighted by Gasteiger charge is -2.31. The molecule has 4 aliphatic rings. The number of carbonyl (C=O) groups is 2. The highest BCUT2D eigenvalue weighted by molar-refractivity contribution is 7.16. The van der Waals surface area contributed by atoms with Gasteiger partial charge in [-0.25, -0.2) is 4.79 Å². The van der Waals surface area contributed by atoms with Crippen molar-refractivity contribution in [2.45, 2.75) is 39.0 Å². The number of hydrogen-bond acceptors (Lipinski definition) is 3. The van der Waals surface area contributed by atoms with E-state index in [4.69, 9.17) is 0 Å². The average Bonchev–Trinajstić information content (AvgIpc) is 2.97. The minimum atomic E-state index is -0.968. The van der Waals surface area contributed by atoms with Crippen LogP contribution in [0.5, 0.6) is 0 Å². The molecule has 112 valence electrons. The van der Waals surface area contributed by atoms with Crippen LogP contribution in [0.4, 0.5) is 5.00 Å². The lowest BCUT2D eigenvalue weighted by atomic mass is 9.75. The zero-order valence-corrected chi connectivity index (χ0v) is 12.8. The second kappa shape index (κ2) is 4.32. The Kier molecular flexibility index (Phi) is 2.74. The smallest absolute Gasteiger partial charge is 0.338 e. The Hall–Kier alpha value is -1.36. The van der Waals surface area contributed by atoms with E-state index in [2.05, 4.69) is 5.32 Å². The van der Waals surface area contributed by atoms with E-state index in [0.29, 0.717) is 10.9 Å². The first-order chi connectivity index (χ1) is 9.98. The maximum absolute atomic E-state index is 12.9. The van der Waals surface area contributed by atoms with E-state index in [1.807, 2.05) is 6.92 Å². The van der Waals surface area contributed by atoms with Gasteiger partial charge < -0.3 is 10.4 Å². The molecule has 4 aliphatic carbocycles. The number of aryl methyl sites for hydroxylation is 1. The number of carboxylic acids is 1. The second-order valence-corrected chi connectivity index (χ2v) is 8.32. The van der Waals surface area contributed by atoms with Gasteiger partial charge in [-0.1, -0.05) is 0 Å². The molecule has 2 N–H and O–H groups in total. The molecule has 1 aromatic heterocycles. The third kappa shape index (κ3) is 1.86. The van der Waals surface area contributed by atoms with Crippen LogP contribution in [0.1, 0.15) is 47.3 Å². The molecule has 4 saturated carbocycles. The van der Waals surface area contributed by atoms with Gasteiger partial charge in [0, 0.05) is 4.88 Å². The fourth-order valence-corrected chi connectivity index (χ4v) is 6.06. The number of rotatable bonds is 3. The molecule has 5 rings (SSSR count). The van der Waals surface area contributed by atoms with Gasteiger partial charge in [-0.05, 0) is 62.8 Å². The van der Waals surface area contributed by atoms with Gasteiger partial charge in [0.2, 0.25) is 5.91 Å². The normalized spacial score (nSPS) is 36.1. The van der Waals surface area contributed by atoms with E-state index in [-0.39, 0.29) is 16.9 Å². The van der Waals surface area contributed by atoms with Crippen molar-refractivity contribution in [3.8, 4) is 0 Å². The Labute approximate surface area is 127 Å². The number of nitrogens with one attached hydrogen (secondary N) is 1. The lowest BCUT2D eigenvalue weighted by molar-refractivity contribution is -0.127. The number of thiophene rings is 1. The van der Waals surface area contributed by atoms with E-state index in [1.165, 1.54) is 30.6 Å². The fourth-order valence-electron chi connectivity index (χ4n) is 5.16. The molecule has 1 amide bonds. The Bertz CT molecular complexity index is 621. The van der Waals surface area contributed by atoms with Gasteiger partial charge >= 0.3 is 5.97 Å². The fraction of sp³-hybridized carbons (Fsp3) is 0.625. The van der Waals surface area contributed by atoms with Crippen molar-refractivity contribution in [1.29, 1.82) is 0 Å². The summed E-state index contributed by atoms with van der Waals surface area (Å²) in [6, 6.07) is 1.64. The number of anilines is 1. The molecule has 5 heteroatoms. The van der Waals surface area contributed by atoms with Gasteiger partial charge in [0.05, 0.1) is 11.0 Å². The molecular weight excluding hydrogens is 286 g/mol. The average molecular weight is 305 g/mol. The largest absolute Gasteiger partial charge is 0.478 e. The quantitative estimate of drug-likeness (QED) is 0.898. The third-order valence-electron chi connectivity index (χ3n) is 5.75.